The molecule has 1 aliphatic carbocycles. The van der Waals surface area contributed by atoms with Crippen LogP contribution in [0.2, 0.25) is 0 Å². The Bertz CT molecular complexity index is 1480. The van der Waals surface area contributed by atoms with Gasteiger partial charge in [-0.2, -0.15) is 0 Å². The maximum Gasteiger partial charge on any atom is 0.339 e. The first-order valence-electron chi connectivity index (χ1n) is 12.0. The van der Waals surface area contributed by atoms with Gasteiger partial charge < -0.3 is 10.1 Å². The molecule has 0 atom stereocenters. The van der Waals surface area contributed by atoms with Crippen molar-refractivity contribution in [3.63, 3.8) is 0 Å². The minimum Gasteiger partial charge on any atom is -0.465 e. The van der Waals surface area contributed by atoms with Gasteiger partial charge in [-0.05, 0) is 57.4 Å². The van der Waals surface area contributed by atoms with E-state index in [0.717, 1.165) is 19.3 Å². The van der Waals surface area contributed by atoms with Gasteiger partial charge in [-0.1, -0.05) is 6.92 Å². The van der Waals surface area contributed by atoms with Crippen LogP contribution < -0.4 is 16.6 Å². The van der Waals surface area contributed by atoms with Crippen LogP contribution in [0.4, 0.5) is 11.6 Å². The molecule has 1 aliphatic rings. The molecule has 11 heteroatoms. The second kappa shape index (κ2) is 10.7. The first-order valence-corrected chi connectivity index (χ1v) is 12.0. The van der Waals surface area contributed by atoms with Crippen LogP contribution in [0.1, 0.15) is 71.1 Å². The molecular weight excluding hydrogens is 476 g/mol. The average molecular weight is 505 g/mol. The Balaban J connectivity index is 1.56. The number of esters is 1. The fourth-order valence-corrected chi connectivity index (χ4v) is 3.86. The van der Waals surface area contributed by atoms with Crippen LogP contribution in [0, 0.1) is 6.92 Å². The largest absolute Gasteiger partial charge is 0.465 e. The van der Waals surface area contributed by atoms with Crippen LogP contribution in [0.15, 0.2) is 51.2 Å². The van der Waals surface area contributed by atoms with Gasteiger partial charge in [0.05, 0.1) is 18.2 Å². The minimum absolute atomic E-state index is 0.0233. The van der Waals surface area contributed by atoms with Gasteiger partial charge in [-0.25, -0.2) is 19.6 Å². The summed E-state index contributed by atoms with van der Waals surface area (Å²) in [6.45, 7) is 5.86. The second-order valence-electron chi connectivity index (χ2n) is 8.80. The van der Waals surface area contributed by atoms with Crippen molar-refractivity contribution in [3.05, 3.63) is 79.9 Å². The molecule has 0 saturated heterocycles. The van der Waals surface area contributed by atoms with Gasteiger partial charge in [0.2, 0.25) is 0 Å². The number of ether oxygens (including phenoxy) is 1. The Labute approximate surface area is 212 Å². The number of carbonyl (C=O) groups excluding carboxylic acids is 2. The summed E-state index contributed by atoms with van der Waals surface area (Å²) in [6.07, 6.45) is 5.20. The van der Waals surface area contributed by atoms with E-state index in [1.807, 2.05) is 6.92 Å². The molecule has 3 heterocycles. The zero-order chi connectivity index (χ0) is 26.7. The summed E-state index contributed by atoms with van der Waals surface area (Å²) < 4.78 is 7.54. The lowest BCUT2D eigenvalue weighted by molar-refractivity contribution is 0.0600. The highest BCUT2D eigenvalue weighted by Crippen LogP contribution is 2.32. The second-order valence-corrected chi connectivity index (χ2v) is 8.80. The Kier molecular flexibility index (Phi) is 7.42. The van der Waals surface area contributed by atoms with Gasteiger partial charge >= 0.3 is 11.7 Å². The van der Waals surface area contributed by atoms with Crippen molar-refractivity contribution >= 4 is 29.2 Å². The summed E-state index contributed by atoms with van der Waals surface area (Å²) in [4.78, 5) is 63.0. The summed E-state index contributed by atoms with van der Waals surface area (Å²) >= 11 is 0. The lowest BCUT2D eigenvalue weighted by Gasteiger charge is -2.15. The highest BCUT2D eigenvalue weighted by atomic mass is 16.5. The van der Waals surface area contributed by atoms with Crippen molar-refractivity contribution in [1.82, 2.24) is 19.1 Å². The normalized spacial score (nSPS) is 13.4. The molecular formula is C26H28N6O5. The van der Waals surface area contributed by atoms with Gasteiger partial charge in [0.15, 0.2) is 0 Å². The summed E-state index contributed by atoms with van der Waals surface area (Å²) in [5, 5.41) is 2.62. The van der Waals surface area contributed by atoms with Crippen molar-refractivity contribution in [1.29, 1.82) is 0 Å². The smallest absolute Gasteiger partial charge is 0.339 e. The molecule has 0 spiro atoms. The molecule has 4 rings (SSSR count). The quantitative estimate of drug-likeness (QED) is 0.368. The van der Waals surface area contributed by atoms with Gasteiger partial charge in [-0.15, -0.1) is 0 Å². The molecule has 1 amide bonds. The van der Waals surface area contributed by atoms with Gasteiger partial charge in [0.1, 0.15) is 17.3 Å². The average Bonchev–Trinajstić information content (AvgIpc) is 3.74. The molecule has 0 unspecified atom stereocenters. The first-order chi connectivity index (χ1) is 17.7. The zero-order valence-electron chi connectivity index (χ0n) is 21.1. The summed E-state index contributed by atoms with van der Waals surface area (Å²) in [5.41, 5.74) is 1.40. The summed E-state index contributed by atoms with van der Waals surface area (Å²) in [6, 6.07) is 6.20. The number of methoxy groups -OCH3 is 1. The van der Waals surface area contributed by atoms with Gasteiger partial charge in [0.25, 0.3) is 11.5 Å². The van der Waals surface area contributed by atoms with E-state index in [0.29, 0.717) is 29.2 Å². The number of aliphatic imine (C=N–C) groups is 1. The third kappa shape index (κ3) is 5.40. The molecule has 0 bridgehead atoms. The number of rotatable bonds is 8. The summed E-state index contributed by atoms with van der Waals surface area (Å²) in [7, 11) is 1.27. The number of aromatic nitrogens is 4. The SMILES string of the molecule is CCCn1c(N=C(C)c2ccc(C(=O)Nc3ccc(C(=O)OC)cn3)nc2)c(C)c(=O)n(C2CC2)c1=O. The van der Waals surface area contributed by atoms with Crippen LogP contribution in [-0.2, 0) is 11.3 Å². The molecule has 192 valence electrons. The van der Waals surface area contributed by atoms with Crippen LogP contribution in [-0.4, -0.2) is 43.8 Å². The molecule has 3 aromatic heterocycles. The number of amides is 1. The monoisotopic (exact) mass is 504 g/mol. The van der Waals surface area contributed by atoms with Crippen molar-refractivity contribution in [2.75, 3.05) is 12.4 Å². The van der Waals surface area contributed by atoms with E-state index >= 15 is 0 Å². The zero-order valence-corrected chi connectivity index (χ0v) is 21.1. The topological polar surface area (TPSA) is 138 Å². The van der Waals surface area contributed by atoms with E-state index in [1.54, 1.807) is 30.5 Å². The number of anilines is 1. The van der Waals surface area contributed by atoms with Crippen molar-refractivity contribution < 1.29 is 14.3 Å². The van der Waals surface area contributed by atoms with E-state index in [1.165, 1.54) is 36.2 Å². The fraction of sp³-hybridized carbons (Fsp3) is 0.346. The molecule has 1 fully saturated rings. The van der Waals surface area contributed by atoms with Gasteiger partial charge in [0, 0.05) is 36.3 Å². The molecule has 1 saturated carbocycles. The first kappa shape index (κ1) is 25.7. The predicted molar refractivity (Wildman–Crippen MR) is 138 cm³/mol. The van der Waals surface area contributed by atoms with E-state index in [2.05, 4.69) is 25.0 Å². The third-order valence-corrected chi connectivity index (χ3v) is 6.04. The Hall–Kier alpha value is -4.41. The third-order valence-electron chi connectivity index (χ3n) is 6.04. The van der Waals surface area contributed by atoms with Crippen LogP contribution >= 0.6 is 0 Å². The van der Waals surface area contributed by atoms with Crippen LogP contribution in [0.3, 0.4) is 0 Å². The maximum absolute atomic E-state index is 13.1. The molecule has 0 aromatic carbocycles. The number of nitrogens with one attached hydrogen (secondary N) is 1. The van der Waals surface area contributed by atoms with Gasteiger partial charge in [-0.3, -0.25) is 23.7 Å². The number of carbonyl (C=O) groups is 2. The molecule has 11 nitrogen and oxygen atoms in total. The molecule has 0 aliphatic heterocycles. The van der Waals surface area contributed by atoms with Crippen LogP contribution in [0.5, 0.6) is 0 Å². The Morgan fingerprint density at radius 2 is 1.81 bits per heavy atom. The van der Waals surface area contributed by atoms with Crippen molar-refractivity contribution in [2.45, 2.75) is 52.6 Å². The molecule has 0 radical (unpaired) electrons. The lowest BCUT2D eigenvalue weighted by atomic mass is 10.1. The van der Waals surface area contributed by atoms with E-state index < -0.39 is 11.9 Å². The fourth-order valence-electron chi connectivity index (χ4n) is 3.86. The number of pyridine rings is 2. The van der Waals surface area contributed by atoms with E-state index in [9.17, 15) is 19.2 Å². The number of nitrogens with zero attached hydrogens (tertiary/aromatic N) is 5. The molecule has 1 N–H and O–H groups in total. The maximum atomic E-state index is 13.1. The van der Waals surface area contributed by atoms with E-state index in [4.69, 9.17) is 0 Å². The van der Waals surface area contributed by atoms with Crippen molar-refractivity contribution in [2.24, 2.45) is 4.99 Å². The summed E-state index contributed by atoms with van der Waals surface area (Å²) in [5.74, 6) is -0.400. The predicted octanol–water partition coefficient (Wildman–Crippen LogP) is 3.03. The molecule has 3 aromatic rings. The standard InChI is InChI=1S/C26H28N6O5/c1-5-12-31-22(15(2)24(34)32(26(31)36)19-8-9-19)29-16(3)17-6-10-20(27-13-17)23(33)30-21-11-7-18(14-28-21)25(35)37-4/h6-7,10-11,13-14,19H,5,8-9,12H2,1-4H3,(H,28,30,33). The Morgan fingerprint density at radius 3 is 2.38 bits per heavy atom. The molecule has 37 heavy (non-hydrogen) atoms. The highest BCUT2D eigenvalue weighted by Gasteiger charge is 2.29. The number of hydrogen-bond donors (Lipinski definition) is 1. The highest BCUT2D eigenvalue weighted by molar-refractivity contribution is 6.04. The number of hydrogen-bond acceptors (Lipinski definition) is 8. The van der Waals surface area contributed by atoms with E-state index in [-0.39, 0.29) is 34.4 Å². The van der Waals surface area contributed by atoms with Crippen molar-refractivity contribution in [3.8, 4) is 0 Å². The van der Waals surface area contributed by atoms with Crippen LogP contribution in [0.25, 0.3) is 0 Å². The lowest BCUT2D eigenvalue weighted by Crippen LogP contribution is -2.40. The Morgan fingerprint density at radius 1 is 1.11 bits per heavy atom. The minimum atomic E-state index is -0.523.